The van der Waals surface area contributed by atoms with E-state index in [0.29, 0.717) is 12.2 Å². The number of nitro benzene ring substituents is 1. The molecule has 0 aliphatic carbocycles. The average Bonchev–Trinajstić information content (AvgIpc) is 3.17. The molecule has 0 saturated heterocycles. The number of likely N-dealkylation sites (N-methyl/N-ethyl adjacent to an activating group) is 2. The summed E-state index contributed by atoms with van der Waals surface area (Å²) < 4.78 is 6.92. The minimum absolute atomic E-state index is 0.0780. The van der Waals surface area contributed by atoms with Gasteiger partial charge in [0.25, 0.3) is 5.69 Å². The molecule has 6 nitrogen and oxygen atoms in total. The number of rotatable bonds is 2. The number of nitrogens with zero attached hydrogens (tertiary/aromatic N) is 3. The van der Waals surface area contributed by atoms with Gasteiger partial charge >= 0.3 is 0 Å². The second kappa shape index (κ2) is 7.60. The molecule has 0 saturated carbocycles. The van der Waals surface area contributed by atoms with E-state index in [9.17, 15) is 10.1 Å². The summed E-state index contributed by atoms with van der Waals surface area (Å²) in [6.45, 7) is 9.01. The standard InChI is InChI=1S/C31H33N3O3/c1-29(2)23-11-7-9-13-25(23)32(5)28(29)17-20-19-31(37-27-16-15-21(34(35)36)18-22(20)27)30(3,4)24-12-8-10-14-26(24)33(31)6/h7-18,20H,19H2,1-6H3/b28-17-. The minimum Gasteiger partial charge on any atom is -0.467 e. The van der Waals surface area contributed by atoms with E-state index < -0.39 is 5.72 Å². The zero-order valence-electron chi connectivity index (χ0n) is 22.3. The van der Waals surface area contributed by atoms with Crippen molar-refractivity contribution in [1.82, 2.24) is 0 Å². The van der Waals surface area contributed by atoms with Crippen LogP contribution in [0.1, 0.15) is 56.7 Å². The van der Waals surface area contributed by atoms with Gasteiger partial charge in [0, 0.05) is 66.6 Å². The van der Waals surface area contributed by atoms with Gasteiger partial charge in [0.1, 0.15) is 5.75 Å². The first kappa shape index (κ1) is 23.6. The number of hydrogen-bond donors (Lipinski definition) is 0. The summed E-state index contributed by atoms with van der Waals surface area (Å²) >= 11 is 0. The molecule has 3 heterocycles. The molecule has 2 unspecified atom stereocenters. The van der Waals surface area contributed by atoms with Gasteiger partial charge in [-0.1, -0.05) is 56.3 Å². The average molecular weight is 496 g/mol. The van der Waals surface area contributed by atoms with Crippen molar-refractivity contribution < 1.29 is 9.66 Å². The van der Waals surface area contributed by atoms with E-state index in [0.717, 1.165) is 11.3 Å². The van der Waals surface area contributed by atoms with Crippen LogP contribution in [0.15, 0.2) is 78.5 Å². The van der Waals surface area contributed by atoms with Crippen molar-refractivity contribution in [3.63, 3.8) is 0 Å². The van der Waals surface area contributed by atoms with Crippen molar-refractivity contribution >= 4 is 17.1 Å². The number of para-hydroxylation sites is 2. The van der Waals surface area contributed by atoms with Crippen LogP contribution in [0.5, 0.6) is 5.75 Å². The normalized spacial score (nSPS) is 25.6. The molecule has 3 aromatic rings. The topological polar surface area (TPSA) is 58.9 Å². The lowest BCUT2D eigenvalue weighted by Gasteiger charge is -2.50. The van der Waals surface area contributed by atoms with E-state index in [1.54, 1.807) is 18.2 Å². The van der Waals surface area contributed by atoms with E-state index in [2.05, 4.69) is 106 Å². The number of nitro groups is 1. The Bertz CT molecular complexity index is 1470. The van der Waals surface area contributed by atoms with E-state index in [-0.39, 0.29) is 27.4 Å². The molecule has 3 aliphatic rings. The summed E-state index contributed by atoms with van der Waals surface area (Å²) in [5, 5.41) is 11.7. The van der Waals surface area contributed by atoms with E-state index in [1.165, 1.54) is 22.5 Å². The van der Waals surface area contributed by atoms with Crippen LogP contribution in [0.4, 0.5) is 17.1 Å². The number of non-ortho nitro benzene ring substituents is 1. The van der Waals surface area contributed by atoms with Crippen molar-refractivity contribution in [2.75, 3.05) is 23.9 Å². The van der Waals surface area contributed by atoms with Gasteiger partial charge in [0.2, 0.25) is 0 Å². The van der Waals surface area contributed by atoms with E-state index >= 15 is 0 Å². The SMILES string of the molecule is CN1/C(=C\C2CC3(Oc4ccc([N+](=O)[O-])cc42)N(C)c2ccccc2C3(C)C)C(C)(C)c2ccccc21. The maximum atomic E-state index is 11.7. The second-order valence-corrected chi connectivity index (χ2v) is 11.6. The Hall–Kier alpha value is -3.80. The van der Waals surface area contributed by atoms with Crippen LogP contribution in [0, 0.1) is 10.1 Å². The molecule has 37 heavy (non-hydrogen) atoms. The Morgan fingerprint density at radius 3 is 2.24 bits per heavy atom. The Morgan fingerprint density at radius 1 is 0.946 bits per heavy atom. The summed E-state index contributed by atoms with van der Waals surface area (Å²) in [7, 11) is 4.22. The Morgan fingerprint density at radius 2 is 1.59 bits per heavy atom. The maximum Gasteiger partial charge on any atom is 0.269 e. The van der Waals surface area contributed by atoms with Gasteiger partial charge in [-0.05, 0) is 43.2 Å². The van der Waals surface area contributed by atoms with Crippen LogP contribution in [-0.2, 0) is 10.8 Å². The van der Waals surface area contributed by atoms with Crippen LogP contribution >= 0.6 is 0 Å². The molecule has 3 aliphatic heterocycles. The van der Waals surface area contributed by atoms with Crippen LogP contribution < -0.4 is 14.5 Å². The van der Waals surface area contributed by atoms with Gasteiger partial charge in [-0.15, -0.1) is 0 Å². The van der Waals surface area contributed by atoms with E-state index in [4.69, 9.17) is 4.74 Å². The zero-order valence-corrected chi connectivity index (χ0v) is 22.3. The molecule has 2 atom stereocenters. The van der Waals surface area contributed by atoms with Gasteiger partial charge in [-0.25, -0.2) is 0 Å². The van der Waals surface area contributed by atoms with Gasteiger partial charge < -0.3 is 14.5 Å². The third kappa shape index (κ3) is 3.05. The fourth-order valence-electron chi connectivity index (χ4n) is 7.01. The van der Waals surface area contributed by atoms with Gasteiger partial charge in [-0.3, -0.25) is 10.1 Å². The van der Waals surface area contributed by atoms with Crippen LogP contribution in [0.25, 0.3) is 0 Å². The Balaban J connectivity index is 1.54. The lowest BCUT2D eigenvalue weighted by Crippen LogP contribution is -2.61. The lowest BCUT2D eigenvalue weighted by molar-refractivity contribution is -0.385. The third-order valence-corrected chi connectivity index (χ3v) is 9.14. The van der Waals surface area contributed by atoms with Gasteiger partial charge in [0.15, 0.2) is 5.72 Å². The molecule has 0 radical (unpaired) electrons. The minimum atomic E-state index is -0.643. The first-order chi connectivity index (χ1) is 17.5. The lowest BCUT2D eigenvalue weighted by atomic mass is 9.70. The quantitative estimate of drug-likeness (QED) is 0.286. The molecule has 0 bridgehead atoms. The van der Waals surface area contributed by atoms with Crippen molar-refractivity contribution in [1.29, 1.82) is 0 Å². The highest BCUT2D eigenvalue weighted by molar-refractivity contribution is 5.71. The smallest absolute Gasteiger partial charge is 0.269 e. The summed E-state index contributed by atoms with van der Waals surface area (Å²) in [4.78, 5) is 16.0. The van der Waals surface area contributed by atoms with Crippen LogP contribution in [-0.4, -0.2) is 24.7 Å². The van der Waals surface area contributed by atoms with Crippen LogP contribution in [0.3, 0.4) is 0 Å². The first-order valence-electron chi connectivity index (χ1n) is 12.9. The van der Waals surface area contributed by atoms with Crippen molar-refractivity contribution in [2.24, 2.45) is 0 Å². The van der Waals surface area contributed by atoms with Gasteiger partial charge in [-0.2, -0.15) is 0 Å². The molecular formula is C31H33N3O3. The molecule has 0 fully saturated rings. The van der Waals surface area contributed by atoms with E-state index in [1.807, 2.05) is 0 Å². The molecule has 3 aromatic carbocycles. The molecule has 6 rings (SSSR count). The number of allylic oxidation sites excluding steroid dienone is 2. The van der Waals surface area contributed by atoms with Crippen molar-refractivity contribution in [2.45, 2.75) is 56.6 Å². The van der Waals surface area contributed by atoms with Crippen LogP contribution in [0.2, 0.25) is 0 Å². The molecule has 190 valence electrons. The molecule has 0 N–H and O–H groups in total. The molecule has 0 amide bonds. The maximum absolute atomic E-state index is 11.7. The molecule has 1 spiro atoms. The number of benzene rings is 3. The summed E-state index contributed by atoms with van der Waals surface area (Å²) in [5.41, 5.74) is 5.90. The highest BCUT2D eigenvalue weighted by atomic mass is 16.6. The molecular weight excluding hydrogens is 462 g/mol. The fraction of sp³-hybridized carbons (Fsp3) is 0.355. The number of hydrogen-bond acceptors (Lipinski definition) is 5. The highest BCUT2D eigenvalue weighted by Crippen LogP contribution is 2.59. The van der Waals surface area contributed by atoms with Gasteiger partial charge in [0.05, 0.1) is 10.3 Å². The fourth-order valence-corrected chi connectivity index (χ4v) is 7.01. The Kier molecular flexibility index (Phi) is 4.85. The predicted molar refractivity (Wildman–Crippen MR) is 148 cm³/mol. The molecule has 0 aromatic heterocycles. The summed E-state index contributed by atoms with van der Waals surface area (Å²) in [6.07, 6.45) is 3.00. The Labute approximate surface area is 218 Å². The third-order valence-electron chi connectivity index (χ3n) is 9.14. The largest absolute Gasteiger partial charge is 0.467 e. The second-order valence-electron chi connectivity index (χ2n) is 11.6. The number of ether oxygens (including phenoxy) is 1. The number of anilines is 2. The summed E-state index contributed by atoms with van der Waals surface area (Å²) in [6, 6.07) is 22.0. The first-order valence-corrected chi connectivity index (χ1v) is 12.9. The predicted octanol–water partition coefficient (Wildman–Crippen LogP) is 6.90. The highest BCUT2D eigenvalue weighted by Gasteiger charge is 2.60. The molecule has 6 heteroatoms. The summed E-state index contributed by atoms with van der Waals surface area (Å²) in [5.74, 6) is 0.633. The van der Waals surface area contributed by atoms with Crippen molar-refractivity contribution in [3.05, 3.63) is 105 Å². The number of fused-ring (bicyclic) bond motifs is 3. The monoisotopic (exact) mass is 495 g/mol. The zero-order chi connectivity index (χ0) is 26.3. The van der Waals surface area contributed by atoms with Crippen molar-refractivity contribution in [3.8, 4) is 5.75 Å².